The third-order valence-electron chi connectivity index (χ3n) is 2.71. The second-order valence-electron chi connectivity index (χ2n) is 3.57. The highest BCUT2D eigenvalue weighted by Crippen LogP contribution is 2.32. The van der Waals surface area contributed by atoms with Gasteiger partial charge in [-0.3, -0.25) is 0 Å². The predicted molar refractivity (Wildman–Crippen MR) is 42.1 cm³/mol. The number of carbonyl (C=O) groups is 1. The lowest BCUT2D eigenvalue weighted by molar-refractivity contribution is 0.118. The number of fused-ring (bicyclic) bond motifs is 1. The summed E-state index contributed by atoms with van der Waals surface area (Å²) >= 11 is 0. The van der Waals surface area contributed by atoms with E-state index in [0.717, 1.165) is 12.8 Å². The van der Waals surface area contributed by atoms with Crippen molar-refractivity contribution in [1.29, 1.82) is 0 Å². The molecule has 2 aliphatic heterocycles. The van der Waals surface area contributed by atoms with Crippen molar-refractivity contribution >= 4 is 6.09 Å². The second kappa shape index (κ2) is 2.62. The molecule has 0 saturated carbocycles. The molecule has 1 amide bonds. The maximum atomic E-state index is 10.8. The molecule has 0 unspecified atom stereocenters. The fourth-order valence-electron chi connectivity index (χ4n) is 1.80. The average Bonchev–Trinajstić information content (AvgIpc) is 2.72. The van der Waals surface area contributed by atoms with Crippen molar-refractivity contribution < 1.29 is 14.6 Å². The van der Waals surface area contributed by atoms with Crippen LogP contribution in [0.3, 0.4) is 0 Å². The number of likely N-dealkylation sites (tertiary alicyclic amines) is 1. The number of hydrogen-bond acceptors (Lipinski definition) is 2. The van der Waals surface area contributed by atoms with E-state index in [1.165, 1.54) is 4.90 Å². The van der Waals surface area contributed by atoms with Crippen LogP contribution in [-0.2, 0) is 4.74 Å². The molecular weight excluding hydrogens is 158 g/mol. The average molecular weight is 171 g/mol. The Bertz CT molecular complexity index is 206. The summed E-state index contributed by atoms with van der Waals surface area (Å²) in [4.78, 5) is 12.2. The maximum absolute atomic E-state index is 10.8. The summed E-state index contributed by atoms with van der Waals surface area (Å²) in [7, 11) is 0. The minimum atomic E-state index is -0.821. The molecule has 0 bridgehead atoms. The molecule has 0 aromatic rings. The van der Waals surface area contributed by atoms with Crippen molar-refractivity contribution in [3.8, 4) is 0 Å². The Morgan fingerprint density at radius 3 is 2.92 bits per heavy atom. The fourth-order valence-corrected chi connectivity index (χ4v) is 1.80. The highest BCUT2D eigenvalue weighted by Gasteiger charge is 2.44. The number of nitrogens with zero attached hydrogens (tertiary/aromatic N) is 1. The van der Waals surface area contributed by atoms with Gasteiger partial charge in [0, 0.05) is 6.04 Å². The van der Waals surface area contributed by atoms with Gasteiger partial charge in [-0.25, -0.2) is 4.79 Å². The van der Waals surface area contributed by atoms with E-state index < -0.39 is 6.09 Å². The van der Waals surface area contributed by atoms with Crippen LogP contribution in [0.2, 0.25) is 0 Å². The molecule has 12 heavy (non-hydrogen) atoms. The zero-order chi connectivity index (χ0) is 8.72. The molecule has 4 heteroatoms. The molecule has 3 atom stereocenters. The van der Waals surface area contributed by atoms with Crippen molar-refractivity contribution in [3.05, 3.63) is 0 Å². The molecule has 0 spiro atoms. The minimum absolute atomic E-state index is 0.152. The summed E-state index contributed by atoms with van der Waals surface area (Å²) in [5.74, 6) is 0. The summed E-state index contributed by atoms with van der Waals surface area (Å²) in [6.07, 6.45) is 1.64. The van der Waals surface area contributed by atoms with Gasteiger partial charge in [0.25, 0.3) is 0 Å². The van der Waals surface area contributed by atoms with Crippen molar-refractivity contribution in [1.82, 2.24) is 4.90 Å². The fraction of sp³-hybridized carbons (Fsp3) is 0.875. The number of carboxylic acid groups (broad SMARTS) is 1. The molecule has 2 rings (SSSR count). The SMILES string of the molecule is C[C@@H]1CC[C@@H]2O[C@H]2CN1C(=O)O. The summed E-state index contributed by atoms with van der Waals surface area (Å²) in [5.41, 5.74) is 0. The zero-order valence-electron chi connectivity index (χ0n) is 7.06. The van der Waals surface area contributed by atoms with Crippen molar-refractivity contribution in [2.45, 2.75) is 38.0 Å². The van der Waals surface area contributed by atoms with E-state index in [0.29, 0.717) is 12.6 Å². The van der Waals surface area contributed by atoms with Crippen LogP contribution in [0, 0.1) is 0 Å². The van der Waals surface area contributed by atoms with Crippen molar-refractivity contribution in [2.24, 2.45) is 0 Å². The summed E-state index contributed by atoms with van der Waals surface area (Å²) in [5, 5.41) is 8.84. The molecule has 68 valence electrons. The Balaban J connectivity index is 2.03. The molecule has 4 nitrogen and oxygen atoms in total. The van der Waals surface area contributed by atoms with E-state index in [9.17, 15) is 4.79 Å². The van der Waals surface area contributed by atoms with Crippen molar-refractivity contribution in [2.75, 3.05) is 6.54 Å². The number of ether oxygens (including phenoxy) is 1. The zero-order valence-corrected chi connectivity index (χ0v) is 7.06. The van der Waals surface area contributed by atoms with Crippen LogP contribution in [0.15, 0.2) is 0 Å². The van der Waals surface area contributed by atoms with Crippen LogP contribution in [0.5, 0.6) is 0 Å². The first kappa shape index (κ1) is 7.86. The summed E-state index contributed by atoms with van der Waals surface area (Å²) in [6, 6.07) is 0.152. The Morgan fingerprint density at radius 2 is 2.25 bits per heavy atom. The molecule has 0 aromatic heterocycles. The molecular formula is C8H13NO3. The van der Waals surface area contributed by atoms with E-state index in [-0.39, 0.29) is 12.1 Å². The Kier molecular flexibility index (Phi) is 1.72. The standard InChI is InChI=1S/C8H13NO3/c1-5-2-3-6-7(12-6)4-9(5)8(10)11/h5-7H,2-4H2,1H3,(H,10,11)/t5-,6+,7+/m1/s1. The molecule has 0 aliphatic carbocycles. The molecule has 0 radical (unpaired) electrons. The van der Waals surface area contributed by atoms with Gasteiger partial charge in [-0.15, -0.1) is 0 Å². The first-order valence-corrected chi connectivity index (χ1v) is 4.33. The largest absolute Gasteiger partial charge is 0.465 e. The van der Waals surface area contributed by atoms with Crippen LogP contribution in [-0.4, -0.2) is 40.9 Å². The Morgan fingerprint density at radius 1 is 1.50 bits per heavy atom. The minimum Gasteiger partial charge on any atom is -0.465 e. The number of rotatable bonds is 0. The number of amides is 1. The molecule has 2 heterocycles. The van der Waals surface area contributed by atoms with Gasteiger partial charge in [-0.1, -0.05) is 0 Å². The lowest BCUT2D eigenvalue weighted by Crippen LogP contribution is -2.39. The second-order valence-corrected chi connectivity index (χ2v) is 3.57. The van der Waals surface area contributed by atoms with Gasteiger partial charge in [0.1, 0.15) is 6.10 Å². The topological polar surface area (TPSA) is 53.1 Å². The van der Waals surface area contributed by atoms with E-state index in [1.54, 1.807) is 0 Å². The van der Waals surface area contributed by atoms with Crippen LogP contribution >= 0.6 is 0 Å². The number of epoxide rings is 1. The van der Waals surface area contributed by atoms with Gasteiger partial charge >= 0.3 is 6.09 Å². The molecule has 0 aromatic carbocycles. The van der Waals surface area contributed by atoms with E-state index in [4.69, 9.17) is 9.84 Å². The van der Waals surface area contributed by atoms with Crippen molar-refractivity contribution in [3.63, 3.8) is 0 Å². The van der Waals surface area contributed by atoms with Crippen LogP contribution in [0.25, 0.3) is 0 Å². The smallest absolute Gasteiger partial charge is 0.407 e. The Labute approximate surface area is 71.1 Å². The highest BCUT2D eigenvalue weighted by molar-refractivity contribution is 5.65. The first-order valence-electron chi connectivity index (χ1n) is 4.33. The predicted octanol–water partition coefficient (Wildman–Crippen LogP) is 0.916. The van der Waals surface area contributed by atoms with E-state index >= 15 is 0 Å². The lowest BCUT2D eigenvalue weighted by atomic mass is 10.1. The third kappa shape index (κ3) is 1.27. The van der Waals surface area contributed by atoms with Crippen LogP contribution in [0.4, 0.5) is 4.79 Å². The van der Waals surface area contributed by atoms with Gasteiger partial charge < -0.3 is 14.7 Å². The lowest BCUT2D eigenvalue weighted by Gasteiger charge is -2.23. The molecule has 2 saturated heterocycles. The molecule has 2 fully saturated rings. The first-order chi connectivity index (χ1) is 5.68. The highest BCUT2D eigenvalue weighted by atomic mass is 16.6. The quantitative estimate of drug-likeness (QED) is 0.551. The Hall–Kier alpha value is -0.770. The van der Waals surface area contributed by atoms with Gasteiger partial charge in [-0.05, 0) is 19.8 Å². The van der Waals surface area contributed by atoms with Gasteiger partial charge in [-0.2, -0.15) is 0 Å². The van der Waals surface area contributed by atoms with Gasteiger partial charge in [0.15, 0.2) is 0 Å². The molecule has 2 aliphatic rings. The third-order valence-corrected chi connectivity index (χ3v) is 2.71. The van der Waals surface area contributed by atoms with E-state index in [2.05, 4.69) is 0 Å². The monoisotopic (exact) mass is 171 g/mol. The van der Waals surface area contributed by atoms with Gasteiger partial charge in [0.2, 0.25) is 0 Å². The van der Waals surface area contributed by atoms with Crippen LogP contribution in [0.1, 0.15) is 19.8 Å². The van der Waals surface area contributed by atoms with Crippen LogP contribution < -0.4 is 0 Å². The normalized spacial score (nSPS) is 40.1. The maximum Gasteiger partial charge on any atom is 0.407 e. The summed E-state index contributed by atoms with van der Waals surface area (Å²) < 4.78 is 5.28. The number of hydrogen-bond donors (Lipinski definition) is 1. The summed E-state index contributed by atoms with van der Waals surface area (Å²) in [6.45, 7) is 2.51. The van der Waals surface area contributed by atoms with Gasteiger partial charge in [0.05, 0.1) is 12.6 Å². The molecule has 1 N–H and O–H groups in total. The van der Waals surface area contributed by atoms with E-state index in [1.807, 2.05) is 6.92 Å².